The highest BCUT2D eigenvalue weighted by Crippen LogP contribution is 2.24. The molecule has 0 unspecified atom stereocenters. The number of anilines is 2. The first kappa shape index (κ1) is 33.6. The Morgan fingerprint density at radius 2 is 0.700 bits per heavy atom. The van der Waals surface area contributed by atoms with E-state index in [1.165, 1.54) is 89.9 Å². The van der Waals surface area contributed by atoms with Gasteiger partial charge in [-0.3, -0.25) is 9.59 Å². The summed E-state index contributed by atoms with van der Waals surface area (Å²) in [5, 5.41) is 6.06. The molecule has 4 nitrogen and oxygen atoms in total. The van der Waals surface area contributed by atoms with Crippen LogP contribution in [0.2, 0.25) is 0 Å². The standard InChI is InChI=1S/C36H56N2O2/c1-3-5-7-9-11-13-15-17-19-21-35(39)37-33-27-23-31(24-28-33)32-25-29-34(30-26-32)38-36(40)22-20-18-16-14-12-10-8-6-4-2/h23-30H,3-22H2,1-2H3,(H,37,39)(H,38,40). The van der Waals surface area contributed by atoms with Crippen molar-refractivity contribution in [2.24, 2.45) is 0 Å². The first-order valence-electron chi connectivity index (χ1n) is 16.4. The summed E-state index contributed by atoms with van der Waals surface area (Å²) in [6, 6.07) is 16.0. The molecular formula is C36H56N2O2. The number of hydrogen-bond acceptors (Lipinski definition) is 2. The van der Waals surface area contributed by atoms with Crippen molar-refractivity contribution in [2.45, 2.75) is 142 Å². The SMILES string of the molecule is CCCCCCCCCCCC(=O)Nc1ccc(-c2ccc(NC(=O)CCCCCCCCCCC)cc2)cc1. The molecular weight excluding hydrogens is 492 g/mol. The van der Waals surface area contributed by atoms with E-state index < -0.39 is 0 Å². The molecule has 0 aliphatic rings. The molecule has 0 saturated heterocycles. The number of benzene rings is 2. The third-order valence-electron chi connectivity index (χ3n) is 7.69. The number of unbranched alkanes of at least 4 members (excludes halogenated alkanes) is 16. The van der Waals surface area contributed by atoms with E-state index in [9.17, 15) is 9.59 Å². The highest BCUT2D eigenvalue weighted by Gasteiger charge is 2.06. The van der Waals surface area contributed by atoms with Gasteiger partial charge in [0.05, 0.1) is 0 Å². The number of rotatable bonds is 23. The van der Waals surface area contributed by atoms with Crippen LogP contribution in [0.25, 0.3) is 11.1 Å². The van der Waals surface area contributed by atoms with Crippen LogP contribution in [0.5, 0.6) is 0 Å². The number of nitrogens with one attached hydrogen (secondary N) is 2. The predicted octanol–water partition coefficient (Wildman–Crippen LogP) is 11.1. The Bertz CT molecular complexity index is 843. The van der Waals surface area contributed by atoms with Gasteiger partial charge in [-0.15, -0.1) is 0 Å². The Morgan fingerprint density at radius 1 is 0.425 bits per heavy atom. The molecule has 0 spiro atoms. The first-order chi connectivity index (χ1) is 19.6. The van der Waals surface area contributed by atoms with Gasteiger partial charge >= 0.3 is 0 Å². The number of amides is 2. The van der Waals surface area contributed by atoms with Crippen LogP contribution in [0.4, 0.5) is 11.4 Å². The maximum atomic E-state index is 12.3. The van der Waals surface area contributed by atoms with E-state index in [1.54, 1.807) is 0 Å². The topological polar surface area (TPSA) is 58.2 Å². The van der Waals surface area contributed by atoms with E-state index in [0.717, 1.165) is 48.2 Å². The molecule has 0 aromatic heterocycles. The Morgan fingerprint density at radius 3 is 1.00 bits per heavy atom. The van der Waals surface area contributed by atoms with E-state index in [4.69, 9.17) is 0 Å². The smallest absolute Gasteiger partial charge is 0.224 e. The zero-order valence-electron chi connectivity index (χ0n) is 25.6. The largest absolute Gasteiger partial charge is 0.326 e. The molecule has 0 aliphatic carbocycles. The second-order valence-corrected chi connectivity index (χ2v) is 11.4. The summed E-state index contributed by atoms with van der Waals surface area (Å²) in [5.74, 6) is 0.191. The van der Waals surface area contributed by atoms with Crippen LogP contribution in [-0.2, 0) is 9.59 Å². The van der Waals surface area contributed by atoms with E-state index >= 15 is 0 Å². The van der Waals surface area contributed by atoms with Crippen molar-refractivity contribution in [1.82, 2.24) is 0 Å². The van der Waals surface area contributed by atoms with Crippen molar-refractivity contribution in [1.29, 1.82) is 0 Å². The molecule has 0 radical (unpaired) electrons. The minimum Gasteiger partial charge on any atom is -0.326 e. The summed E-state index contributed by atoms with van der Waals surface area (Å²) in [5.41, 5.74) is 3.85. The van der Waals surface area contributed by atoms with Crippen molar-refractivity contribution < 1.29 is 9.59 Å². The summed E-state index contributed by atoms with van der Waals surface area (Å²) < 4.78 is 0. The van der Waals surface area contributed by atoms with E-state index in [2.05, 4.69) is 24.5 Å². The lowest BCUT2D eigenvalue weighted by Gasteiger charge is -2.09. The molecule has 0 aliphatic heterocycles. The molecule has 0 atom stereocenters. The fraction of sp³-hybridized carbons (Fsp3) is 0.611. The summed E-state index contributed by atoms with van der Waals surface area (Å²) in [6.45, 7) is 4.50. The van der Waals surface area contributed by atoms with E-state index in [0.29, 0.717) is 12.8 Å². The number of carbonyl (C=O) groups is 2. The molecule has 0 bridgehead atoms. The Hall–Kier alpha value is -2.62. The van der Waals surface area contributed by atoms with Gasteiger partial charge in [-0.05, 0) is 48.2 Å². The molecule has 40 heavy (non-hydrogen) atoms. The minimum atomic E-state index is 0.0956. The predicted molar refractivity (Wildman–Crippen MR) is 173 cm³/mol. The molecule has 0 fully saturated rings. The fourth-order valence-electron chi connectivity index (χ4n) is 5.13. The Labute approximate surface area is 245 Å². The van der Waals surface area contributed by atoms with Crippen molar-refractivity contribution in [3.63, 3.8) is 0 Å². The van der Waals surface area contributed by atoms with Gasteiger partial charge in [0.15, 0.2) is 0 Å². The number of carbonyl (C=O) groups excluding carboxylic acids is 2. The summed E-state index contributed by atoms with van der Waals surface area (Å²) in [7, 11) is 0. The van der Waals surface area contributed by atoms with E-state index in [1.807, 2.05) is 48.5 Å². The Balaban J connectivity index is 1.60. The van der Waals surface area contributed by atoms with Crippen LogP contribution >= 0.6 is 0 Å². The Kier molecular flexibility index (Phi) is 18.6. The lowest BCUT2D eigenvalue weighted by Crippen LogP contribution is -2.11. The van der Waals surface area contributed by atoms with Gasteiger partial charge < -0.3 is 10.6 Å². The summed E-state index contributed by atoms with van der Waals surface area (Å²) in [6.07, 6.45) is 23.8. The average molecular weight is 549 g/mol. The van der Waals surface area contributed by atoms with Gasteiger partial charge in [0.2, 0.25) is 11.8 Å². The maximum absolute atomic E-state index is 12.3. The normalized spacial score (nSPS) is 10.9. The molecule has 2 amide bonds. The highest BCUT2D eigenvalue weighted by molar-refractivity contribution is 5.91. The van der Waals surface area contributed by atoms with Crippen LogP contribution in [0.15, 0.2) is 48.5 Å². The summed E-state index contributed by atoms with van der Waals surface area (Å²) in [4.78, 5) is 24.6. The first-order valence-corrected chi connectivity index (χ1v) is 16.4. The van der Waals surface area contributed by atoms with Crippen molar-refractivity contribution in [2.75, 3.05) is 10.6 Å². The second kappa shape index (κ2) is 22.1. The van der Waals surface area contributed by atoms with Crippen LogP contribution < -0.4 is 10.6 Å². The molecule has 222 valence electrons. The molecule has 2 aromatic carbocycles. The van der Waals surface area contributed by atoms with Crippen molar-refractivity contribution >= 4 is 23.2 Å². The van der Waals surface area contributed by atoms with Crippen molar-refractivity contribution in [3.05, 3.63) is 48.5 Å². The van der Waals surface area contributed by atoms with E-state index in [-0.39, 0.29) is 11.8 Å². The van der Waals surface area contributed by atoms with Gasteiger partial charge in [-0.2, -0.15) is 0 Å². The zero-order valence-corrected chi connectivity index (χ0v) is 25.6. The molecule has 0 heterocycles. The molecule has 2 rings (SSSR count). The third-order valence-corrected chi connectivity index (χ3v) is 7.69. The van der Waals surface area contributed by atoms with Gasteiger partial charge in [0, 0.05) is 24.2 Å². The van der Waals surface area contributed by atoms with Crippen LogP contribution in [-0.4, -0.2) is 11.8 Å². The van der Waals surface area contributed by atoms with Gasteiger partial charge in [0.1, 0.15) is 0 Å². The quantitative estimate of drug-likeness (QED) is 0.136. The lowest BCUT2D eigenvalue weighted by molar-refractivity contribution is -0.117. The minimum absolute atomic E-state index is 0.0956. The third kappa shape index (κ3) is 15.8. The molecule has 2 aromatic rings. The monoisotopic (exact) mass is 548 g/mol. The average Bonchev–Trinajstić information content (AvgIpc) is 2.96. The van der Waals surface area contributed by atoms with Gasteiger partial charge in [0.25, 0.3) is 0 Å². The highest BCUT2D eigenvalue weighted by atomic mass is 16.2. The maximum Gasteiger partial charge on any atom is 0.224 e. The summed E-state index contributed by atoms with van der Waals surface area (Å²) >= 11 is 0. The molecule has 0 saturated carbocycles. The van der Waals surface area contributed by atoms with Crippen LogP contribution in [0.1, 0.15) is 142 Å². The van der Waals surface area contributed by atoms with Gasteiger partial charge in [-0.1, -0.05) is 141 Å². The van der Waals surface area contributed by atoms with Crippen molar-refractivity contribution in [3.8, 4) is 11.1 Å². The number of hydrogen-bond donors (Lipinski definition) is 2. The zero-order chi connectivity index (χ0) is 28.7. The lowest BCUT2D eigenvalue weighted by atomic mass is 10.0. The van der Waals surface area contributed by atoms with Crippen LogP contribution in [0, 0.1) is 0 Å². The molecule has 4 heteroatoms. The molecule has 2 N–H and O–H groups in total. The fourth-order valence-corrected chi connectivity index (χ4v) is 5.13. The van der Waals surface area contributed by atoms with Crippen LogP contribution in [0.3, 0.4) is 0 Å². The second-order valence-electron chi connectivity index (χ2n) is 11.4. The van der Waals surface area contributed by atoms with Gasteiger partial charge in [-0.25, -0.2) is 0 Å².